The standard InChI is InChI=1S/C12H18N2O2S/c1-8(15)9(2)17-7-12(16)14-11-5-3-10(13)4-6-11/h3-6,8-9,15H,7,13H2,1-2H3,(H,14,16). The zero-order valence-electron chi connectivity index (χ0n) is 10.0. The van der Waals surface area contributed by atoms with Crippen molar-refractivity contribution in [3.05, 3.63) is 24.3 Å². The summed E-state index contributed by atoms with van der Waals surface area (Å²) in [5.41, 5.74) is 6.94. The number of hydrogen-bond donors (Lipinski definition) is 3. The molecule has 0 heterocycles. The van der Waals surface area contributed by atoms with Gasteiger partial charge in [-0.2, -0.15) is 0 Å². The number of aliphatic hydroxyl groups is 1. The summed E-state index contributed by atoms with van der Waals surface area (Å²) >= 11 is 1.43. The minimum Gasteiger partial charge on any atom is -0.399 e. The maximum atomic E-state index is 11.6. The average molecular weight is 254 g/mol. The summed E-state index contributed by atoms with van der Waals surface area (Å²) in [7, 11) is 0. The number of amides is 1. The highest BCUT2D eigenvalue weighted by Crippen LogP contribution is 2.15. The normalized spacial score (nSPS) is 14.1. The molecule has 0 bridgehead atoms. The number of carbonyl (C=O) groups is 1. The maximum absolute atomic E-state index is 11.6. The van der Waals surface area contributed by atoms with Gasteiger partial charge in [0.25, 0.3) is 0 Å². The van der Waals surface area contributed by atoms with E-state index in [1.165, 1.54) is 11.8 Å². The van der Waals surface area contributed by atoms with Gasteiger partial charge in [-0.15, -0.1) is 11.8 Å². The van der Waals surface area contributed by atoms with Gasteiger partial charge < -0.3 is 16.2 Å². The Bertz CT molecular complexity index is 365. The van der Waals surface area contributed by atoms with Gasteiger partial charge in [-0.05, 0) is 31.2 Å². The molecule has 0 aliphatic carbocycles. The summed E-state index contributed by atoms with van der Waals surface area (Å²) in [5, 5.41) is 12.1. The molecule has 1 rings (SSSR count). The van der Waals surface area contributed by atoms with Crippen molar-refractivity contribution < 1.29 is 9.90 Å². The lowest BCUT2D eigenvalue weighted by Crippen LogP contribution is -2.20. The Morgan fingerprint density at radius 2 is 2.00 bits per heavy atom. The Morgan fingerprint density at radius 1 is 1.41 bits per heavy atom. The third kappa shape index (κ3) is 5.10. The first kappa shape index (κ1) is 13.9. The molecule has 2 unspecified atom stereocenters. The molecule has 4 N–H and O–H groups in total. The van der Waals surface area contributed by atoms with Gasteiger partial charge in [-0.1, -0.05) is 6.92 Å². The van der Waals surface area contributed by atoms with Crippen LogP contribution in [0.3, 0.4) is 0 Å². The number of hydrogen-bond acceptors (Lipinski definition) is 4. The SMILES string of the molecule is CC(O)C(C)SCC(=O)Nc1ccc(N)cc1. The summed E-state index contributed by atoms with van der Waals surface area (Å²) in [4.78, 5) is 11.6. The number of aliphatic hydroxyl groups excluding tert-OH is 1. The quantitative estimate of drug-likeness (QED) is 0.699. The van der Waals surface area contributed by atoms with Crippen molar-refractivity contribution in [3.63, 3.8) is 0 Å². The zero-order chi connectivity index (χ0) is 12.8. The lowest BCUT2D eigenvalue weighted by molar-refractivity contribution is -0.113. The smallest absolute Gasteiger partial charge is 0.234 e. The van der Waals surface area contributed by atoms with Crippen LogP contribution in [0.1, 0.15) is 13.8 Å². The van der Waals surface area contributed by atoms with Crippen molar-refractivity contribution >= 4 is 29.0 Å². The number of nitrogens with two attached hydrogens (primary N) is 1. The number of thioether (sulfide) groups is 1. The summed E-state index contributed by atoms with van der Waals surface area (Å²) in [6, 6.07) is 6.99. The van der Waals surface area contributed by atoms with Crippen LogP contribution in [0.15, 0.2) is 24.3 Å². The highest BCUT2D eigenvalue weighted by molar-refractivity contribution is 8.00. The Kier molecular flexibility index (Phi) is 5.31. The monoisotopic (exact) mass is 254 g/mol. The maximum Gasteiger partial charge on any atom is 0.234 e. The van der Waals surface area contributed by atoms with Gasteiger partial charge >= 0.3 is 0 Å². The van der Waals surface area contributed by atoms with Crippen molar-refractivity contribution in [2.75, 3.05) is 16.8 Å². The molecule has 94 valence electrons. The highest BCUT2D eigenvalue weighted by Gasteiger charge is 2.11. The molecule has 2 atom stereocenters. The van der Waals surface area contributed by atoms with Crippen LogP contribution >= 0.6 is 11.8 Å². The Hall–Kier alpha value is -1.20. The first-order valence-corrected chi connectivity index (χ1v) is 6.49. The van der Waals surface area contributed by atoms with Gasteiger partial charge in [0.05, 0.1) is 11.9 Å². The number of benzene rings is 1. The van der Waals surface area contributed by atoms with Gasteiger partial charge in [0.1, 0.15) is 0 Å². The third-order valence-electron chi connectivity index (χ3n) is 2.35. The molecule has 0 aromatic heterocycles. The van der Waals surface area contributed by atoms with Crippen LogP contribution in [-0.4, -0.2) is 28.1 Å². The molecule has 4 nitrogen and oxygen atoms in total. The molecular formula is C12H18N2O2S. The number of nitrogens with one attached hydrogen (secondary N) is 1. The van der Waals surface area contributed by atoms with E-state index in [0.29, 0.717) is 11.4 Å². The number of anilines is 2. The van der Waals surface area contributed by atoms with Gasteiger partial charge in [0, 0.05) is 16.6 Å². The lowest BCUT2D eigenvalue weighted by atomic mass is 10.3. The van der Waals surface area contributed by atoms with Crippen LogP contribution in [-0.2, 0) is 4.79 Å². The summed E-state index contributed by atoms with van der Waals surface area (Å²) in [5.74, 6) is 0.253. The molecule has 0 spiro atoms. The van der Waals surface area contributed by atoms with E-state index in [2.05, 4.69) is 5.32 Å². The number of nitrogen functional groups attached to an aromatic ring is 1. The molecule has 1 aromatic rings. The van der Waals surface area contributed by atoms with E-state index >= 15 is 0 Å². The van der Waals surface area contributed by atoms with Crippen LogP contribution in [0.2, 0.25) is 0 Å². The van der Waals surface area contributed by atoms with Crippen LogP contribution in [0.5, 0.6) is 0 Å². The van der Waals surface area contributed by atoms with Gasteiger partial charge in [0.2, 0.25) is 5.91 Å². The summed E-state index contributed by atoms with van der Waals surface area (Å²) < 4.78 is 0. The van der Waals surface area contributed by atoms with Crippen molar-refractivity contribution in [1.29, 1.82) is 0 Å². The fourth-order valence-corrected chi connectivity index (χ4v) is 1.87. The van der Waals surface area contributed by atoms with Crippen molar-refractivity contribution in [3.8, 4) is 0 Å². The van der Waals surface area contributed by atoms with Crippen LogP contribution in [0, 0.1) is 0 Å². The van der Waals surface area contributed by atoms with Gasteiger partial charge in [-0.25, -0.2) is 0 Å². The summed E-state index contributed by atoms with van der Waals surface area (Å²) in [6.07, 6.45) is -0.413. The van der Waals surface area contributed by atoms with E-state index in [4.69, 9.17) is 5.73 Å². The van der Waals surface area contributed by atoms with Crippen molar-refractivity contribution in [1.82, 2.24) is 0 Å². The van der Waals surface area contributed by atoms with E-state index in [0.717, 1.165) is 5.69 Å². The van der Waals surface area contributed by atoms with Crippen LogP contribution in [0.25, 0.3) is 0 Å². The molecule has 0 fully saturated rings. The average Bonchev–Trinajstić information content (AvgIpc) is 2.29. The molecule has 1 aromatic carbocycles. The van der Waals surface area contributed by atoms with Crippen molar-refractivity contribution in [2.24, 2.45) is 0 Å². The predicted molar refractivity (Wildman–Crippen MR) is 73.1 cm³/mol. The summed E-state index contributed by atoms with van der Waals surface area (Å²) in [6.45, 7) is 3.61. The number of rotatable bonds is 5. The van der Waals surface area contributed by atoms with Gasteiger partial charge in [-0.3, -0.25) is 4.79 Å². The molecule has 0 saturated carbocycles. The molecule has 0 aliphatic rings. The van der Waals surface area contributed by atoms with E-state index in [1.807, 2.05) is 6.92 Å². The fourth-order valence-electron chi connectivity index (χ4n) is 1.11. The Morgan fingerprint density at radius 3 is 2.53 bits per heavy atom. The molecular weight excluding hydrogens is 236 g/mol. The minimum atomic E-state index is -0.413. The third-order valence-corrected chi connectivity index (χ3v) is 3.70. The van der Waals surface area contributed by atoms with E-state index in [-0.39, 0.29) is 11.2 Å². The molecule has 0 aliphatic heterocycles. The topological polar surface area (TPSA) is 75.3 Å². The van der Waals surface area contributed by atoms with Crippen molar-refractivity contribution in [2.45, 2.75) is 25.2 Å². The molecule has 1 amide bonds. The first-order chi connectivity index (χ1) is 7.99. The first-order valence-electron chi connectivity index (χ1n) is 5.44. The predicted octanol–water partition coefficient (Wildman–Crippen LogP) is 1.71. The zero-order valence-corrected chi connectivity index (χ0v) is 10.8. The Balaban J connectivity index is 2.37. The molecule has 0 saturated heterocycles. The molecule has 0 radical (unpaired) electrons. The second-order valence-corrected chi connectivity index (χ2v) is 5.29. The highest BCUT2D eigenvalue weighted by atomic mass is 32.2. The molecule has 17 heavy (non-hydrogen) atoms. The van der Waals surface area contributed by atoms with Crippen LogP contribution < -0.4 is 11.1 Å². The second-order valence-electron chi connectivity index (χ2n) is 3.93. The largest absolute Gasteiger partial charge is 0.399 e. The van der Waals surface area contributed by atoms with E-state index < -0.39 is 6.10 Å². The minimum absolute atomic E-state index is 0.0483. The second kappa shape index (κ2) is 6.51. The lowest BCUT2D eigenvalue weighted by Gasteiger charge is -2.13. The number of carbonyl (C=O) groups excluding carboxylic acids is 1. The molecule has 5 heteroatoms. The van der Waals surface area contributed by atoms with E-state index in [9.17, 15) is 9.90 Å². The Labute approximate surface area is 106 Å². The van der Waals surface area contributed by atoms with Gasteiger partial charge in [0.15, 0.2) is 0 Å². The van der Waals surface area contributed by atoms with E-state index in [1.54, 1.807) is 31.2 Å². The fraction of sp³-hybridized carbons (Fsp3) is 0.417. The van der Waals surface area contributed by atoms with Crippen LogP contribution in [0.4, 0.5) is 11.4 Å².